The van der Waals surface area contributed by atoms with Crippen LogP contribution in [0, 0.1) is 11.3 Å². The van der Waals surface area contributed by atoms with Crippen LogP contribution in [-0.4, -0.2) is 48.7 Å². The maximum atomic E-state index is 12.0. The summed E-state index contributed by atoms with van der Waals surface area (Å²) in [4.78, 5) is 17.8. The Kier molecular flexibility index (Phi) is 7.08. The predicted molar refractivity (Wildman–Crippen MR) is 89.3 cm³/mol. The molecule has 0 unspecified atom stereocenters. The minimum atomic E-state index is -0.487. The summed E-state index contributed by atoms with van der Waals surface area (Å²) in [6.45, 7) is 8.69. The molecule has 1 aliphatic heterocycles. The fourth-order valence-electron chi connectivity index (χ4n) is 2.26. The minimum absolute atomic E-state index is 0.0407. The lowest BCUT2D eigenvalue weighted by atomic mass is 10.1. The molecule has 0 spiro atoms. The van der Waals surface area contributed by atoms with Gasteiger partial charge >= 0.3 is 6.09 Å². The van der Waals surface area contributed by atoms with Gasteiger partial charge in [-0.15, -0.1) is 0 Å². The van der Waals surface area contributed by atoms with Crippen LogP contribution in [0.1, 0.15) is 47.0 Å². The van der Waals surface area contributed by atoms with Crippen molar-refractivity contribution in [2.75, 3.05) is 20.1 Å². The summed E-state index contributed by atoms with van der Waals surface area (Å²) in [6.07, 6.45) is 3.62. The molecular weight excluding hydrogens is 294 g/mol. The number of hydrogen-bond acceptors (Lipinski definition) is 5. The Morgan fingerprint density at radius 1 is 1.39 bits per heavy atom. The summed E-state index contributed by atoms with van der Waals surface area (Å²) in [6, 6.07) is 2.12. The first kappa shape index (κ1) is 19.0. The van der Waals surface area contributed by atoms with Crippen molar-refractivity contribution < 1.29 is 14.3 Å². The molecule has 0 aromatic heterocycles. The average Bonchev–Trinajstić information content (AvgIpc) is 2.49. The van der Waals surface area contributed by atoms with Gasteiger partial charge in [0.05, 0.1) is 0 Å². The molecule has 1 amide bonds. The van der Waals surface area contributed by atoms with Crippen molar-refractivity contribution in [3.63, 3.8) is 0 Å². The smallest absolute Gasteiger partial charge is 0.410 e. The third-order valence-electron chi connectivity index (χ3n) is 3.33. The second-order valence-corrected chi connectivity index (χ2v) is 6.45. The van der Waals surface area contributed by atoms with Crippen molar-refractivity contribution in [1.82, 2.24) is 4.90 Å². The lowest BCUT2D eigenvalue weighted by Gasteiger charge is -2.33. The highest BCUT2D eigenvalue weighted by molar-refractivity contribution is 5.97. The van der Waals surface area contributed by atoms with Crippen molar-refractivity contribution >= 4 is 12.0 Å². The van der Waals surface area contributed by atoms with Gasteiger partial charge < -0.3 is 14.4 Å². The number of ether oxygens (including phenoxy) is 2. The van der Waals surface area contributed by atoms with Crippen LogP contribution in [0.2, 0.25) is 0 Å². The van der Waals surface area contributed by atoms with Gasteiger partial charge in [-0.3, -0.25) is 4.99 Å². The van der Waals surface area contributed by atoms with E-state index in [1.807, 2.05) is 27.7 Å². The number of piperidine rings is 1. The Balaban J connectivity index is 2.55. The van der Waals surface area contributed by atoms with E-state index < -0.39 is 5.60 Å². The van der Waals surface area contributed by atoms with E-state index in [0.29, 0.717) is 37.4 Å². The third-order valence-corrected chi connectivity index (χ3v) is 3.33. The molecule has 0 saturated carbocycles. The van der Waals surface area contributed by atoms with Gasteiger partial charge in [-0.25, -0.2) is 4.79 Å². The fraction of sp³-hybridized carbons (Fsp3) is 0.706. The summed E-state index contributed by atoms with van der Waals surface area (Å²) >= 11 is 0. The molecule has 1 aliphatic rings. The summed E-state index contributed by atoms with van der Waals surface area (Å²) in [5.74, 6) is 0.380. The Bertz CT molecular complexity index is 504. The van der Waals surface area contributed by atoms with E-state index in [1.165, 1.54) is 0 Å². The summed E-state index contributed by atoms with van der Waals surface area (Å²) < 4.78 is 11.2. The highest BCUT2D eigenvalue weighted by Gasteiger charge is 2.28. The van der Waals surface area contributed by atoms with Crippen LogP contribution in [-0.2, 0) is 9.47 Å². The van der Waals surface area contributed by atoms with Gasteiger partial charge in [-0.1, -0.05) is 13.0 Å². The lowest BCUT2D eigenvalue weighted by Crippen LogP contribution is -2.43. The molecule has 0 radical (unpaired) electrons. The average molecular weight is 321 g/mol. The number of nitrogens with zero attached hydrogens (tertiary/aromatic N) is 3. The van der Waals surface area contributed by atoms with Crippen molar-refractivity contribution in [2.45, 2.75) is 58.7 Å². The SMILES string of the molecule is CC/C=C(/C#N)C(=NC)OC1CCN(C(=O)OC(C)(C)C)CC1. The summed E-state index contributed by atoms with van der Waals surface area (Å²) in [5, 5.41) is 9.16. The quantitative estimate of drug-likeness (QED) is 0.454. The van der Waals surface area contributed by atoms with Crippen LogP contribution in [0.15, 0.2) is 16.6 Å². The number of aliphatic imine (C=N–C) groups is 1. The lowest BCUT2D eigenvalue weighted by molar-refractivity contribution is 0.0116. The number of rotatable bonds is 3. The molecule has 0 N–H and O–H groups in total. The van der Waals surface area contributed by atoms with Crippen molar-refractivity contribution in [3.8, 4) is 6.07 Å². The second kappa shape index (κ2) is 8.56. The number of likely N-dealkylation sites (tertiary alicyclic amines) is 1. The van der Waals surface area contributed by atoms with Crippen LogP contribution in [0.5, 0.6) is 0 Å². The van der Waals surface area contributed by atoms with Crippen molar-refractivity contribution in [3.05, 3.63) is 11.6 Å². The van der Waals surface area contributed by atoms with Crippen molar-refractivity contribution in [2.24, 2.45) is 4.99 Å². The molecule has 6 nitrogen and oxygen atoms in total. The molecule has 0 aromatic carbocycles. The van der Waals surface area contributed by atoms with Gasteiger partial charge in [-0.2, -0.15) is 5.26 Å². The molecule has 0 aromatic rings. The van der Waals surface area contributed by atoms with Crippen molar-refractivity contribution in [1.29, 1.82) is 5.26 Å². The molecule has 1 heterocycles. The molecular formula is C17H27N3O3. The number of carbonyl (C=O) groups is 1. The Labute approximate surface area is 138 Å². The van der Waals surface area contributed by atoms with Gasteiger partial charge in [0.25, 0.3) is 0 Å². The second-order valence-electron chi connectivity index (χ2n) is 6.45. The van der Waals surface area contributed by atoms with Gasteiger partial charge in [0.2, 0.25) is 5.90 Å². The predicted octanol–water partition coefficient (Wildman–Crippen LogP) is 3.29. The number of allylic oxidation sites excluding steroid dienone is 1. The van der Waals surface area contributed by atoms with Gasteiger partial charge in [0.15, 0.2) is 0 Å². The van der Waals surface area contributed by atoms with E-state index in [-0.39, 0.29) is 12.2 Å². The molecule has 128 valence electrons. The van der Waals surface area contributed by atoms with Crippen LogP contribution in [0.3, 0.4) is 0 Å². The standard InChI is InChI=1S/C17H27N3O3/c1-6-7-13(12-18)15(19-5)22-14-8-10-20(11-9-14)16(21)23-17(2,3)4/h7,14H,6,8-11H2,1-5H3/b13-7-,19-15?. The van der Waals surface area contributed by atoms with Crippen LogP contribution in [0.25, 0.3) is 0 Å². The van der Waals surface area contributed by atoms with E-state index in [4.69, 9.17) is 14.7 Å². The Hall–Kier alpha value is -2.03. The van der Waals surface area contributed by atoms with E-state index in [2.05, 4.69) is 11.1 Å². The maximum Gasteiger partial charge on any atom is 0.410 e. The van der Waals surface area contributed by atoms with Crippen LogP contribution < -0.4 is 0 Å². The van der Waals surface area contributed by atoms with E-state index in [0.717, 1.165) is 6.42 Å². The first-order valence-electron chi connectivity index (χ1n) is 8.02. The molecule has 1 rings (SSSR count). The van der Waals surface area contributed by atoms with Crippen LogP contribution in [0.4, 0.5) is 4.79 Å². The first-order chi connectivity index (χ1) is 10.8. The third kappa shape index (κ3) is 6.31. The monoisotopic (exact) mass is 321 g/mol. The molecule has 0 aliphatic carbocycles. The Morgan fingerprint density at radius 2 is 2.00 bits per heavy atom. The zero-order chi connectivity index (χ0) is 17.5. The van der Waals surface area contributed by atoms with Gasteiger partial charge in [0, 0.05) is 33.0 Å². The number of hydrogen-bond donors (Lipinski definition) is 0. The summed E-state index contributed by atoms with van der Waals surface area (Å²) in [7, 11) is 1.62. The first-order valence-corrected chi connectivity index (χ1v) is 8.02. The van der Waals surface area contributed by atoms with Crippen LogP contribution >= 0.6 is 0 Å². The number of carbonyl (C=O) groups excluding carboxylic acids is 1. The van der Waals surface area contributed by atoms with Gasteiger partial charge in [0.1, 0.15) is 23.3 Å². The highest BCUT2D eigenvalue weighted by atomic mass is 16.6. The van der Waals surface area contributed by atoms with E-state index >= 15 is 0 Å². The zero-order valence-corrected chi connectivity index (χ0v) is 14.8. The highest BCUT2D eigenvalue weighted by Crippen LogP contribution is 2.18. The molecule has 6 heteroatoms. The number of amides is 1. The zero-order valence-electron chi connectivity index (χ0n) is 14.8. The number of nitriles is 1. The normalized spacial score (nSPS) is 17.7. The largest absolute Gasteiger partial charge is 0.474 e. The molecule has 0 bridgehead atoms. The van der Waals surface area contributed by atoms with E-state index in [1.54, 1.807) is 18.0 Å². The molecule has 23 heavy (non-hydrogen) atoms. The summed E-state index contributed by atoms with van der Waals surface area (Å²) in [5.41, 5.74) is -0.0244. The minimum Gasteiger partial charge on any atom is -0.474 e. The fourth-order valence-corrected chi connectivity index (χ4v) is 2.26. The Morgan fingerprint density at radius 3 is 2.43 bits per heavy atom. The maximum absolute atomic E-state index is 12.0. The van der Waals surface area contributed by atoms with E-state index in [9.17, 15) is 4.79 Å². The topological polar surface area (TPSA) is 74.9 Å². The van der Waals surface area contributed by atoms with Gasteiger partial charge in [-0.05, 0) is 27.2 Å². The molecule has 1 saturated heterocycles. The molecule has 1 fully saturated rings. The molecule has 0 atom stereocenters.